The van der Waals surface area contributed by atoms with E-state index in [1.54, 1.807) is 7.05 Å². The van der Waals surface area contributed by atoms with Crippen molar-refractivity contribution in [1.82, 2.24) is 19.8 Å². The molecule has 0 bridgehead atoms. The molecule has 0 radical (unpaired) electrons. The molecule has 0 saturated carbocycles. The molecule has 4 rings (SSSR count). The average Bonchev–Trinajstić information content (AvgIpc) is 3.16. The Morgan fingerprint density at radius 3 is 2.50 bits per heavy atom. The van der Waals surface area contributed by atoms with Crippen molar-refractivity contribution in [3.8, 4) is 11.4 Å². The second-order valence-corrected chi connectivity index (χ2v) is 8.15. The first kappa shape index (κ1) is 23.3. The maximum Gasteiger partial charge on any atom is 0.368 e. The summed E-state index contributed by atoms with van der Waals surface area (Å²) in [6.07, 6.45) is 0. The number of oxime groups is 1. The second kappa shape index (κ2) is 9.93. The number of aryl methyl sites for hydroxylation is 3. The molecule has 0 spiro atoms. The molecule has 0 aliphatic rings. The van der Waals surface area contributed by atoms with E-state index in [4.69, 9.17) is 21.2 Å². The molecule has 8 nitrogen and oxygen atoms in total. The highest BCUT2D eigenvalue weighted by atomic mass is 35.5. The Bertz CT molecular complexity index is 1420. The molecule has 0 unspecified atom stereocenters. The minimum Gasteiger partial charge on any atom is -0.489 e. The predicted molar refractivity (Wildman–Crippen MR) is 131 cm³/mol. The molecule has 1 aromatic heterocycles. The molecular weight excluding hydrogens is 454 g/mol. The molecule has 0 saturated heterocycles. The highest BCUT2D eigenvalue weighted by Crippen LogP contribution is 2.26. The Hall–Kier alpha value is -3.91. The summed E-state index contributed by atoms with van der Waals surface area (Å²) in [4.78, 5) is 17.5. The fourth-order valence-corrected chi connectivity index (χ4v) is 3.87. The van der Waals surface area contributed by atoms with Crippen LogP contribution in [0.3, 0.4) is 0 Å². The number of nitrogens with zero attached hydrogens (tertiary/aromatic N) is 5. The lowest BCUT2D eigenvalue weighted by Gasteiger charge is -2.15. The van der Waals surface area contributed by atoms with E-state index in [1.165, 1.54) is 16.5 Å². The number of halogens is 1. The molecule has 0 atom stereocenters. The molecule has 0 amide bonds. The molecule has 9 heteroatoms. The number of benzene rings is 3. The summed E-state index contributed by atoms with van der Waals surface area (Å²) in [5, 5.41) is 12.6. The summed E-state index contributed by atoms with van der Waals surface area (Å²) in [6, 6.07) is 18.9. The highest BCUT2D eigenvalue weighted by Gasteiger charge is 2.16. The van der Waals surface area contributed by atoms with Crippen LogP contribution in [0.15, 0.2) is 70.6 Å². The zero-order valence-corrected chi connectivity index (χ0v) is 20.1. The molecule has 1 heterocycles. The molecule has 0 N–H and O–H groups in total. The Morgan fingerprint density at radius 1 is 1.03 bits per heavy atom. The standard InChI is InChI=1S/C25H24ClN5O3/c1-16-8-7-11-22(31-25(32)30(3)28-29-31)20(16)15-34-23-13-12-18(14-17(23)2)24(27-33-4)19-9-5-6-10-21(19)26/h5-14H,15H2,1-4H3. The first-order chi connectivity index (χ1) is 16.4. The van der Waals surface area contributed by atoms with E-state index in [-0.39, 0.29) is 12.3 Å². The van der Waals surface area contributed by atoms with Gasteiger partial charge >= 0.3 is 5.69 Å². The van der Waals surface area contributed by atoms with Gasteiger partial charge in [0.1, 0.15) is 25.2 Å². The van der Waals surface area contributed by atoms with E-state index < -0.39 is 0 Å². The van der Waals surface area contributed by atoms with Crippen molar-refractivity contribution in [1.29, 1.82) is 0 Å². The Labute approximate surface area is 202 Å². The van der Waals surface area contributed by atoms with Crippen LogP contribution in [0.5, 0.6) is 5.75 Å². The van der Waals surface area contributed by atoms with Crippen molar-refractivity contribution in [3.63, 3.8) is 0 Å². The lowest BCUT2D eigenvalue weighted by Crippen LogP contribution is -2.23. The summed E-state index contributed by atoms with van der Waals surface area (Å²) < 4.78 is 8.63. The van der Waals surface area contributed by atoms with Crippen LogP contribution in [-0.4, -0.2) is 32.6 Å². The van der Waals surface area contributed by atoms with E-state index in [0.29, 0.717) is 22.2 Å². The Morgan fingerprint density at radius 2 is 1.82 bits per heavy atom. The van der Waals surface area contributed by atoms with E-state index in [9.17, 15) is 4.79 Å². The van der Waals surface area contributed by atoms with Gasteiger partial charge in [0.15, 0.2) is 0 Å². The van der Waals surface area contributed by atoms with Gasteiger partial charge in [0.2, 0.25) is 0 Å². The molecule has 0 aliphatic heterocycles. The second-order valence-electron chi connectivity index (χ2n) is 7.74. The van der Waals surface area contributed by atoms with Crippen molar-refractivity contribution in [3.05, 3.63) is 104 Å². The first-order valence-electron chi connectivity index (χ1n) is 10.6. The SMILES string of the molecule is CON=C(c1ccc(OCc2c(C)cccc2-n2nnn(C)c2=O)c(C)c1)c1ccccc1Cl. The fourth-order valence-electron chi connectivity index (χ4n) is 3.65. The molecule has 4 aromatic rings. The number of tetrazole rings is 1. The van der Waals surface area contributed by atoms with Crippen molar-refractivity contribution >= 4 is 17.3 Å². The lowest BCUT2D eigenvalue weighted by molar-refractivity contribution is 0.214. The minimum absolute atomic E-state index is 0.259. The third kappa shape index (κ3) is 4.58. The van der Waals surface area contributed by atoms with Crippen LogP contribution in [0.25, 0.3) is 5.69 Å². The van der Waals surface area contributed by atoms with E-state index in [1.807, 2.05) is 74.5 Å². The van der Waals surface area contributed by atoms with Gasteiger partial charge in [-0.25, -0.2) is 4.79 Å². The van der Waals surface area contributed by atoms with Crippen LogP contribution >= 0.6 is 11.6 Å². The molecule has 174 valence electrons. The van der Waals surface area contributed by atoms with Crippen LogP contribution < -0.4 is 10.4 Å². The summed E-state index contributed by atoms with van der Waals surface area (Å²) in [5.41, 5.74) is 5.33. The first-order valence-corrected chi connectivity index (χ1v) is 11.0. The number of hydrogen-bond acceptors (Lipinski definition) is 6. The number of hydrogen-bond donors (Lipinski definition) is 0. The van der Waals surface area contributed by atoms with Crippen LogP contribution in [0.1, 0.15) is 27.8 Å². The Balaban J connectivity index is 1.63. The van der Waals surface area contributed by atoms with Crippen LogP contribution in [0.4, 0.5) is 0 Å². The zero-order valence-electron chi connectivity index (χ0n) is 19.3. The third-order valence-corrected chi connectivity index (χ3v) is 5.80. The van der Waals surface area contributed by atoms with Gasteiger partial charge in [-0.15, -0.1) is 0 Å². The molecule has 0 aliphatic carbocycles. The topological polar surface area (TPSA) is 83.5 Å². The van der Waals surface area contributed by atoms with Gasteiger partial charge in [-0.3, -0.25) is 0 Å². The van der Waals surface area contributed by atoms with E-state index >= 15 is 0 Å². The van der Waals surface area contributed by atoms with Crippen LogP contribution in [0, 0.1) is 13.8 Å². The summed E-state index contributed by atoms with van der Waals surface area (Å²) in [5.74, 6) is 0.709. The number of aromatic nitrogens is 4. The van der Waals surface area contributed by atoms with E-state index in [2.05, 4.69) is 15.6 Å². The highest BCUT2D eigenvalue weighted by molar-refractivity contribution is 6.35. The van der Waals surface area contributed by atoms with Gasteiger partial charge in [0.25, 0.3) is 0 Å². The van der Waals surface area contributed by atoms with Crippen molar-refractivity contribution in [2.24, 2.45) is 12.2 Å². The zero-order chi connectivity index (χ0) is 24.2. The quantitative estimate of drug-likeness (QED) is 0.294. The van der Waals surface area contributed by atoms with Gasteiger partial charge in [-0.05, 0) is 65.7 Å². The molecule has 3 aromatic carbocycles. The van der Waals surface area contributed by atoms with Gasteiger partial charge < -0.3 is 9.57 Å². The number of ether oxygens (including phenoxy) is 1. The van der Waals surface area contributed by atoms with Gasteiger partial charge in [0, 0.05) is 23.7 Å². The van der Waals surface area contributed by atoms with Gasteiger partial charge in [-0.1, -0.05) is 47.1 Å². The average molecular weight is 478 g/mol. The maximum absolute atomic E-state index is 12.4. The number of rotatable bonds is 7. The van der Waals surface area contributed by atoms with Crippen LogP contribution in [0.2, 0.25) is 5.02 Å². The molecule has 34 heavy (non-hydrogen) atoms. The summed E-state index contributed by atoms with van der Waals surface area (Å²) in [6.45, 7) is 4.19. The monoisotopic (exact) mass is 477 g/mol. The lowest BCUT2D eigenvalue weighted by atomic mass is 10.0. The van der Waals surface area contributed by atoms with E-state index in [0.717, 1.165) is 27.8 Å². The Kier molecular flexibility index (Phi) is 6.79. The van der Waals surface area contributed by atoms with Gasteiger partial charge in [0.05, 0.1) is 10.7 Å². The summed E-state index contributed by atoms with van der Waals surface area (Å²) >= 11 is 6.39. The third-order valence-electron chi connectivity index (χ3n) is 5.47. The van der Waals surface area contributed by atoms with Gasteiger partial charge in [-0.2, -0.15) is 9.36 Å². The van der Waals surface area contributed by atoms with Crippen molar-refractivity contribution in [2.75, 3.05) is 7.11 Å². The molecular formula is C25H24ClN5O3. The fraction of sp³-hybridized carbons (Fsp3) is 0.200. The largest absolute Gasteiger partial charge is 0.489 e. The predicted octanol–water partition coefficient (Wildman–Crippen LogP) is 4.21. The maximum atomic E-state index is 12.4. The van der Waals surface area contributed by atoms with Crippen molar-refractivity contribution in [2.45, 2.75) is 20.5 Å². The normalized spacial score (nSPS) is 11.5. The smallest absolute Gasteiger partial charge is 0.368 e. The van der Waals surface area contributed by atoms with Crippen molar-refractivity contribution < 1.29 is 9.57 Å². The molecule has 0 fully saturated rings. The summed E-state index contributed by atoms with van der Waals surface area (Å²) in [7, 11) is 3.07. The van der Waals surface area contributed by atoms with Crippen LogP contribution in [-0.2, 0) is 18.5 Å². The minimum atomic E-state index is -0.322.